The second-order valence-electron chi connectivity index (χ2n) is 6.09. The first-order chi connectivity index (χ1) is 12.3. The van der Waals surface area contributed by atoms with Gasteiger partial charge in [-0.25, -0.2) is 0 Å². The highest BCUT2D eigenvalue weighted by molar-refractivity contribution is 6.08. The zero-order valence-electron chi connectivity index (χ0n) is 13.9. The molecule has 124 valence electrons. The van der Waals surface area contributed by atoms with Crippen LogP contribution < -0.4 is 9.64 Å². The molecule has 3 aromatic carbocycles. The minimum atomic E-state index is 0.0391. The number of rotatable bonds is 4. The topological polar surface area (TPSA) is 29.5 Å². The van der Waals surface area contributed by atoms with Crippen molar-refractivity contribution in [2.75, 3.05) is 11.4 Å². The Labute approximate surface area is 147 Å². The van der Waals surface area contributed by atoms with Crippen LogP contribution in [0.2, 0.25) is 0 Å². The predicted molar refractivity (Wildman–Crippen MR) is 99.0 cm³/mol. The summed E-state index contributed by atoms with van der Waals surface area (Å²) in [5.74, 6) is 0.841. The molecule has 0 aromatic heterocycles. The van der Waals surface area contributed by atoms with E-state index in [9.17, 15) is 4.79 Å². The van der Waals surface area contributed by atoms with Gasteiger partial charge in [0.2, 0.25) is 0 Å². The fraction of sp³-hybridized carbons (Fsp3) is 0.136. The normalized spacial score (nSPS) is 12.7. The highest BCUT2D eigenvalue weighted by Gasteiger charge is 2.26. The molecule has 25 heavy (non-hydrogen) atoms. The zero-order chi connectivity index (χ0) is 17.1. The number of fused-ring (bicyclic) bond motifs is 1. The fourth-order valence-electron chi connectivity index (χ4n) is 3.23. The number of ether oxygens (including phenoxy) is 1. The fourth-order valence-corrected chi connectivity index (χ4v) is 3.23. The van der Waals surface area contributed by atoms with E-state index in [2.05, 4.69) is 6.07 Å². The van der Waals surface area contributed by atoms with Gasteiger partial charge in [0.25, 0.3) is 5.91 Å². The molecular formula is C22H19NO2. The van der Waals surface area contributed by atoms with E-state index in [-0.39, 0.29) is 5.91 Å². The van der Waals surface area contributed by atoms with E-state index < -0.39 is 0 Å². The zero-order valence-corrected chi connectivity index (χ0v) is 13.9. The Hall–Kier alpha value is -3.07. The molecule has 1 amide bonds. The van der Waals surface area contributed by atoms with Gasteiger partial charge in [0, 0.05) is 23.4 Å². The molecule has 0 unspecified atom stereocenters. The molecule has 0 bridgehead atoms. The summed E-state index contributed by atoms with van der Waals surface area (Å²) in [6, 6.07) is 25.5. The number of carbonyl (C=O) groups is 1. The summed E-state index contributed by atoms with van der Waals surface area (Å²) in [4.78, 5) is 15.0. The van der Waals surface area contributed by atoms with Crippen LogP contribution in [0.25, 0.3) is 0 Å². The summed E-state index contributed by atoms with van der Waals surface area (Å²) < 4.78 is 5.84. The minimum absolute atomic E-state index is 0.0391. The van der Waals surface area contributed by atoms with E-state index in [4.69, 9.17) is 4.74 Å². The van der Waals surface area contributed by atoms with E-state index in [0.29, 0.717) is 12.2 Å². The molecule has 1 aliphatic rings. The second kappa shape index (κ2) is 6.81. The van der Waals surface area contributed by atoms with Gasteiger partial charge in [-0.2, -0.15) is 0 Å². The monoisotopic (exact) mass is 329 g/mol. The molecule has 3 aromatic rings. The van der Waals surface area contributed by atoms with Crippen LogP contribution in [-0.4, -0.2) is 12.5 Å². The quantitative estimate of drug-likeness (QED) is 0.707. The first kappa shape index (κ1) is 15.5. The van der Waals surface area contributed by atoms with E-state index in [1.807, 2.05) is 77.7 Å². The summed E-state index contributed by atoms with van der Waals surface area (Å²) >= 11 is 0. The second-order valence-corrected chi connectivity index (χ2v) is 6.09. The number of hydrogen-bond acceptors (Lipinski definition) is 2. The van der Waals surface area contributed by atoms with Gasteiger partial charge in [-0.3, -0.25) is 4.79 Å². The number of carbonyl (C=O) groups excluding carboxylic acids is 1. The van der Waals surface area contributed by atoms with Crippen molar-refractivity contribution in [3.63, 3.8) is 0 Å². The van der Waals surface area contributed by atoms with Gasteiger partial charge in [0.05, 0.1) is 0 Å². The van der Waals surface area contributed by atoms with Crippen molar-refractivity contribution >= 4 is 11.6 Å². The van der Waals surface area contributed by atoms with Crippen molar-refractivity contribution in [3.05, 3.63) is 95.6 Å². The molecule has 3 heteroatoms. The van der Waals surface area contributed by atoms with Crippen molar-refractivity contribution in [3.8, 4) is 5.75 Å². The number of nitrogens with zero attached hydrogens (tertiary/aromatic N) is 1. The van der Waals surface area contributed by atoms with Crippen molar-refractivity contribution in [2.24, 2.45) is 0 Å². The van der Waals surface area contributed by atoms with Crippen LogP contribution in [0.1, 0.15) is 21.5 Å². The van der Waals surface area contributed by atoms with Crippen LogP contribution in [-0.2, 0) is 13.0 Å². The summed E-state index contributed by atoms with van der Waals surface area (Å²) in [5.41, 5.74) is 3.86. The van der Waals surface area contributed by atoms with Gasteiger partial charge in [-0.05, 0) is 36.2 Å². The molecule has 0 fully saturated rings. The van der Waals surface area contributed by atoms with Gasteiger partial charge in [-0.15, -0.1) is 0 Å². The van der Waals surface area contributed by atoms with Crippen molar-refractivity contribution in [1.29, 1.82) is 0 Å². The van der Waals surface area contributed by atoms with Crippen LogP contribution in [0, 0.1) is 0 Å². The Morgan fingerprint density at radius 2 is 1.60 bits per heavy atom. The van der Waals surface area contributed by atoms with E-state index in [0.717, 1.165) is 30.0 Å². The van der Waals surface area contributed by atoms with Crippen LogP contribution in [0.4, 0.5) is 5.69 Å². The SMILES string of the molecule is O=C(c1ccccc1COc1ccccc1)N1CCc2ccccc21. The standard InChI is InChI=1S/C22H19NO2/c24-22(23-15-14-17-8-5-7-13-21(17)23)20-12-6-4-9-18(20)16-25-19-10-2-1-3-11-19/h1-13H,14-16H2. The maximum Gasteiger partial charge on any atom is 0.258 e. The molecule has 0 radical (unpaired) electrons. The number of para-hydroxylation sites is 2. The van der Waals surface area contributed by atoms with Crippen LogP contribution >= 0.6 is 0 Å². The van der Waals surface area contributed by atoms with Crippen LogP contribution in [0.15, 0.2) is 78.9 Å². The first-order valence-corrected chi connectivity index (χ1v) is 8.48. The van der Waals surface area contributed by atoms with E-state index in [1.54, 1.807) is 0 Å². The third-order valence-electron chi connectivity index (χ3n) is 4.52. The van der Waals surface area contributed by atoms with Crippen molar-refractivity contribution < 1.29 is 9.53 Å². The lowest BCUT2D eigenvalue weighted by atomic mass is 10.1. The third-order valence-corrected chi connectivity index (χ3v) is 4.52. The molecule has 1 heterocycles. The molecule has 3 nitrogen and oxygen atoms in total. The average Bonchev–Trinajstić information content (AvgIpc) is 3.11. The van der Waals surface area contributed by atoms with Gasteiger partial charge in [0.1, 0.15) is 12.4 Å². The largest absolute Gasteiger partial charge is 0.489 e. The van der Waals surface area contributed by atoms with Gasteiger partial charge < -0.3 is 9.64 Å². The lowest BCUT2D eigenvalue weighted by molar-refractivity contribution is 0.0987. The van der Waals surface area contributed by atoms with Crippen LogP contribution in [0.5, 0.6) is 5.75 Å². The number of anilines is 1. The van der Waals surface area contributed by atoms with Crippen molar-refractivity contribution in [1.82, 2.24) is 0 Å². The number of benzene rings is 3. The molecule has 1 aliphatic heterocycles. The maximum atomic E-state index is 13.1. The Morgan fingerprint density at radius 3 is 2.48 bits per heavy atom. The highest BCUT2D eigenvalue weighted by Crippen LogP contribution is 2.29. The Bertz CT molecular complexity index is 889. The predicted octanol–water partition coefficient (Wildman–Crippen LogP) is 4.47. The van der Waals surface area contributed by atoms with E-state index >= 15 is 0 Å². The molecule has 0 aliphatic carbocycles. The molecule has 0 atom stereocenters. The summed E-state index contributed by atoms with van der Waals surface area (Å²) in [5, 5.41) is 0. The lowest BCUT2D eigenvalue weighted by Crippen LogP contribution is -2.29. The molecule has 0 saturated carbocycles. The summed E-state index contributed by atoms with van der Waals surface area (Å²) in [6.07, 6.45) is 0.907. The van der Waals surface area contributed by atoms with Crippen molar-refractivity contribution in [2.45, 2.75) is 13.0 Å². The highest BCUT2D eigenvalue weighted by atomic mass is 16.5. The maximum absolute atomic E-state index is 13.1. The number of amides is 1. The average molecular weight is 329 g/mol. The van der Waals surface area contributed by atoms with E-state index in [1.165, 1.54) is 5.56 Å². The van der Waals surface area contributed by atoms with Crippen LogP contribution in [0.3, 0.4) is 0 Å². The molecule has 0 saturated heterocycles. The molecule has 0 N–H and O–H groups in total. The Balaban J connectivity index is 1.58. The first-order valence-electron chi connectivity index (χ1n) is 8.48. The third kappa shape index (κ3) is 3.13. The molecule has 4 rings (SSSR count). The summed E-state index contributed by atoms with van der Waals surface area (Å²) in [7, 11) is 0. The van der Waals surface area contributed by atoms with Gasteiger partial charge in [-0.1, -0.05) is 54.6 Å². The number of hydrogen-bond donors (Lipinski definition) is 0. The molecular weight excluding hydrogens is 310 g/mol. The van der Waals surface area contributed by atoms with Gasteiger partial charge in [0.15, 0.2) is 0 Å². The van der Waals surface area contributed by atoms with Gasteiger partial charge >= 0.3 is 0 Å². The molecule has 0 spiro atoms. The Kier molecular flexibility index (Phi) is 4.21. The minimum Gasteiger partial charge on any atom is -0.489 e. The summed E-state index contributed by atoms with van der Waals surface area (Å²) in [6.45, 7) is 1.10. The lowest BCUT2D eigenvalue weighted by Gasteiger charge is -2.19. The Morgan fingerprint density at radius 1 is 0.880 bits per heavy atom. The smallest absolute Gasteiger partial charge is 0.258 e.